The summed E-state index contributed by atoms with van der Waals surface area (Å²) in [6.07, 6.45) is 3.26. The second kappa shape index (κ2) is 5.49. The Hall–Kier alpha value is -1.09. The van der Waals surface area contributed by atoms with E-state index in [4.69, 9.17) is 11.6 Å². The van der Waals surface area contributed by atoms with Crippen molar-refractivity contribution < 1.29 is 14.3 Å². The highest BCUT2D eigenvalue weighted by atomic mass is 35.5. The monoisotopic (exact) mass is 284 g/mol. The number of carboxylic acid groups (broad SMARTS) is 1. The predicted octanol–water partition coefficient (Wildman–Crippen LogP) is 4.30. The molecule has 4 heteroatoms. The van der Waals surface area contributed by atoms with Crippen LogP contribution in [0.5, 0.6) is 0 Å². The Bertz CT molecular complexity index is 479. The smallest absolute Gasteiger partial charge is 0.309 e. The van der Waals surface area contributed by atoms with Crippen LogP contribution in [0.25, 0.3) is 0 Å². The van der Waals surface area contributed by atoms with E-state index in [2.05, 4.69) is 6.92 Å². The van der Waals surface area contributed by atoms with Crippen molar-refractivity contribution in [3.63, 3.8) is 0 Å². The van der Waals surface area contributed by atoms with Crippen molar-refractivity contribution in [1.82, 2.24) is 0 Å². The summed E-state index contributed by atoms with van der Waals surface area (Å²) in [5, 5.41) is 9.87. The van der Waals surface area contributed by atoms with Gasteiger partial charge < -0.3 is 5.11 Å². The molecule has 1 saturated carbocycles. The Kier molecular flexibility index (Phi) is 4.14. The molecule has 0 unspecified atom stereocenters. The third-order valence-electron chi connectivity index (χ3n) is 4.23. The van der Waals surface area contributed by atoms with Gasteiger partial charge in [-0.05, 0) is 55.7 Å². The molecule has 0 atom stereocenters. The molecule has 1 aromatic carbocycles. The summed E-state index contributed by atoms with van der Waals surface area (Å²) < 4.78 is 13.8. The summed E-state index contributed by atoms with van der Waals surface area (Å²) in [7, 11) is 0. The molecule has 1 fully saturated rings. The first kappa shape index (κ1) is 14.3. The molecule has 1 aromatic rings. The zero-order chi connectivity index (χ0) is 14.0. The lowest BCUT2D eigenvalue weighted by atomic mass is 9.68. The number of carbonyl (C=O) groups is 1. The third kappa shape index (κ3) is 3.08. The summed E-state index contributed by atoms with van der Waals surface area (Å²) in [5.41, 5.74) is -0.373. The number of hydrogen-bond acceptors (Lipinski definition) is 1. The van der Waals surface area contributed by atoms with Crippen molar-refractivity contribution in [3.05, 3.63) is 34.6 Å². The molecule has 1 aliphatic rings. The maximum atomic E-state index is 13.8. The van der Waals surface area contributed by atoms with E-state index in [1.165, 1.54) is 6.07 Å². The number of halogens is 2. The van der Waals surface area contributed by atoms with Crippen molar-refractivity contribution in [2.24, 2.45) is 11.3 Å². The fourth-order valence-electron chi connectivity index (χ4n) is 2.81. The maximum Gasteiger partial charge on any atom is 0.309 e. The van der Waals surface area contributed by atoms with Gasteiger partial charge in [0.05, 0.1) is 5.41 Å². The fraction of sp³-hybridized carbons (Fsp3) is 0.533. The van der Waals surface area contributed by atoms with Gasteiger partial charge in [0.1, 0.15) is 5.82 Å². The topological polar surface area (TPSA) is 37.3 Å². The first-order valence-corrected chi connectivity index (χ1v) is 6.98. The van der Waals surface area contributed by atoms with Crippen LogP contribution < -0.4 is 0 Å². The van der Waals surface area contributed by atoms with Crippen molar-refractivity contribution in [2.75, 3.05) is 0 Å². The van der Waals surface area contributed by atoms with Crippen molar-refractivity contribution in [2.45, 2.75) is 39.0 Å². The second-order valence-corrected chi connectivity index (χ2v) is 6.12. The summed E-state index contributed by atoms with van der Waals surface area (Å²) in [5.74, 6) is -0.664. The maximum absolute atomic E-state index is 13.8. The molecule has 104 valence electrons. The molecular formula is C15H18ClFO2. The summed E-state index contributed by atoms with van der Waals surface area (Å²) in [6, 6.07) is 4.46. The predicted molar refractivity (Wildman–Crippen MR) is 72.8 cm³/mol. The number of aliphatic carboxylic acids is 1. The Labute approximate surface area is 117 Å². The molecule has 0 radical (unpaired) electrons. The first-order valence-electron chi connectivity index (χ1n) is 6.60. The van der Waals surface area contributed by atoms with Crippen LogP contribution >= 0.6 is 11.6 Å². The molecule has 0 aliphatic heterocycles. The normalized spacial score (nSPS) is 27.2. The van der Waals surface area contributed by atoms with Crippen LogP contribution in [0.1, 0.15) is 38.2 Å². The van der Waals surface area contributed by atoms with Crippen molar-refractivity contribution in [3.8, 4) is 0 Å². The highest BCUT2D eigenvalue weighted by Crippen LogP contribution is 2.42. The van der Waals surface area contributed by atoms with Gasteiger partial charge in [0.25, 0.3) is 0 Å². The quantitative estimate of drug-likeness (QED) is 0.898. The highest BCUT2D eigenvalue weighted by molar-refractivity contribution is 6.30. The highest BCUT2D eigenvalue weighted by Gasteiger charge is 2.41. The summed E-state index contributed by atoms with van der Waals surface area (Å²) in [4.78, 5) is 11.6. The van der Waals surface area contributed by atoms with Crippen LogP contribution in [-0.2, 0) is 11.2 Å². The zero-order valence-electron chi connectivity index (χ0n) is 11.0. The molecule has 19 heavy (non-hydrogen) atoms. The van der Waals surface area contributed by atoms with Crippen LogP contribution in [0.15, 0.2) is 18.2 Å². The van der Waals surface area contributed by atoms with Gasteiger partial charge in [-0.2, -0.15) is 0 Å². The van der Waals surface area contributed by atoms with E-state index in [1.54, 1.807) is 12.1 Å². The van der Waals surface area contributed by atoms with E-state index >= 15 is 0 Å². The Balaban J connectivity index is 2.24. The number of rotatable bonds is 3. The molecule has 0 saturated heterocycles. The minimum Gasteiger partial charge on any atom is -0.481 e. The molecule has 2 nitrogen and oxygen atoms in total. The average molecular weight is 285 g/mol. The molecule has 0 amide bonds. The van der Waals surface area contributed by atoms with E-state index in [-0.39, 0.29) is 6.42 Å². The fourth-order valence-corrected chi connectivity index (χ4v) is 2.97. The number of benzene rings is 1. The van der Waals surface area contributed by atoms with Crippen LogP contribution in [0, 0.1) is 17.2 Å². The van der Waals surface area contributed by atoms with Gasteiger partial charge in [0.2, 0.25) is 0 Å². The Morgan fingerprint density at radius 3 is 2.63 bits per heavy atom. The Morgan fingerprint density at radius 1 is 1.47 bits per heavy atom. The van der Waals surface area contributed by atoms with Crippen molar-refractivity contribution >= 4 is 17.6 Å². The van der Waals surface area contributed by atoms with Gasteiger partial charge in [-0.1, -0.05) is 24.6 Å². The average Bonchev–Trinajstić information content (AvgIpc) is 2.35. The van der Waals surface area contributed by atoms with Gasteiger partial charge in [0, 0.05) is 5.02 Å². The van der Waals surface area contributed by atoms with Crippen LogP contribution in [-0.4, -0.2) is 11.1 Å². The van der Waals surface area contributed by atoms with Gasteiger partial charge in [0.15, 0.2) is 0 Å². The molecule has 0 heterocycles. The lowest BCUT2D eigenvalue weighted by Gasteiger charge is -2.36. The SMILES string of the molecule is CC1CCC(Cc2ccc(Cl)cc2F)(C(=O)O)CC1. The molecule has 0 aromatic heterocycles. The van der Waals surface area contributed by atoms with E-state index < -0.39 is 17.2 Å². The molecule has 1 N–H and O–H groups in total. The molecular weight excluding hydrogens is 267 g/mol. The van der Waals surface area contributed by atoms with E-state index in [9.17, 15) is 14.3 Å². The molecule has 0 bridgehead atoms. The van der Waals surface area contributed by atoms with E-state index in [1.807, 2.05) is 0 Å². The van der Waals surface area contributed by atoms with Gasteiger partial charge in [-0.25, -0.2) is 4.39 Å². The lowest BCUT2D eigenvalue weighted by molar-refractivity contribution is -0.151. The van der Waals surface area contributed by atoms with Crippen molar-refractivity contribution in [1.29, 1.82) is 0 Å². The van der Waals surface area contributed by atoms with E-state index in [0.29, 0.717) is 29.3 Å². The molecule has 0 spiro atoms. The van der Waals surface area contributed by atoms with Gasteiger partial charge >= 0.3 is 5.97 Å². The summed E-state index contributed by atoms with van der Waals surface area (Å²) >= 11 is 5.72. The zero-order valence-corrected chi connectivity index (χ0v) is 11.7. The largest absolute Gasteiger partial charge is 0.481 e. The molecule has 2 rings (SSSR count). The minimum absolute atomic E-state index is 0.248. The first-order chi connectivity index (χ1) is 8.93. The minimum atomic E-state index is -0.818. The molecule has 1 aliphatic carbocycles. The summed E-state index contributed by atoms with van der Waals surface area (Å²) in [6.45, 7) is 2.13. The van der Waals surface area contributed by atoms with Crippen LogP contribution in [0.3, 0.4) is 0 Å². The number of carboxylic acids is 1. The Morgan fingerprint density at radius 2 is 2.11 bits per heavy atom. The van der Waals surface area contributed by atoms with Gasteiger partial charge in [-0.3, -0.25) is 4.79 Å². The number of hydrogen-bond donors (Lipinski definition) is 1. The lowest BCUT2D eigenvalue weighted by Crippen LogP contribution is -2.37. The van der Waals surface area contributed by atoms with Crippen LogP contribution in [0.2, 0.25) is 5.02 Å². The van der Waals surface area contributed by atoms with Gasteiger partial charge in [-0.15, -0.1) is 0 Å². The van der Waals surface area contributed by atoms with Crippen LogP contribution in [0.4, 0.5) is 4.39 Å². The second-order valence-electron chi connectivity index (χ2n) is 5.68. The third-order valence-corrected chi connectivity index (χ3v) is 4.46. The van der Waals surface area contributed by atoms with E-state index in [0.717, 1.165) is 12.8 Å². The standard InChI is InChI=1S/C15H18ClFO2/c1-10-4-6-15(7-5-10,14(18)19)9-11-2-3-12(16)8-13(11)17/h2-3,8,10H,4-7,9H2,1H3,(H,18,19).